The van der Waals surface area contributed by atoms with Crippen molar-refractivity contribution in [3.63, 3.8) is 0 Å². The molecule has 1 heterocycles. The van der Waals surface area contributed by atoms with Crippen LogP contribution in [0.1, 0.15) is 35.7 Å². The van der Waals surface area contributed by atoms with E-state index >= 15 is 0 Å². The van der Waals surface area contributed by atoms with Crippen LogP contribution in [-0.2, 0) is 0 Å². The molecule has 3 nitrogen and oxygen atoms in total. The van der Waals surface area contributed by atoms with Crippen molar-refractivity contribution >= 4 is 5.91 Å². The highest BCUT2D eigenvalue weighted by Gasteiger charge is 2.27. The Kier molecular flexibility index (Phi) is 4.02. The predicted octanol–water partition coefficient (Wildman–Crippen LogP) is 2.11. The molecule has 1 aromatic rings. The zero-order valence-electron chi connectivity index (χ0n) is 11.3. The summed E-state index contributed by atoms with van der Waals surface area (Å²) in [6.07, 6.45) is 2.37. The number of aryl methyl sites for hydroxylation is 1. The van der Waals surface area contributed by atoms with Gasteiger partial charge in [0.25, 0.3) is 5.91 Å². The second-order valence-corrected chi connectivity index (χ2v) is 5.59. The quantitative estimate of drug-likeness (QED) is 0.857. The van der Waals surface area contributed by atoms with Gasteiger partial charge < -0.3 is 10.6 Å². The van der Waals surface area contributed by atoms with E-state index in [1.165, 1.54) is 12.8 Å². The minimum atomic E-state index is 0.0416. The first-order chi connectivity index (χ1) is 8.61. The van der Waals surface area contributed by atoms with Gasteiger partial charge in [0.2, 0.25) is 0 Å². The average Bonchev–Trinajstić information content (AvgIpc) is 2.38. The van der Waals surface area contributed by atoms with E-state index in [4.69, 9.17) is 0 Å². The van der Waals surface area contributed by atoms with Crippen molar-refractivity contribution in [1.29, 1.82) is 0 Å². The highest BCUT2D eigenvalue weighted by molar-refractivity contribution is 5.95. The standard InChI is InChI=1S/C15H22N2O/c1-12-6-3-4-7-13(12)14(18)17-11-15(2)8-5-9-16-10-15/h3-4,6-7,16H,5,8-11H2,1-2H3,(H,17,18). The molecule has 0 saturated carbocycles. The molecule has 1 unspecified atom stereocenters. The van der Waals surface area contributed by atoms with Gasteiger partial charge in [-0.15, -0.1) is 0 Å². The van der Waals surface area contributed by atoms with Gasteiger partial charge in [-0.05, 0) is 43.4 Å². The third kappa shape index (κ3) is 3.10. The Morgan fingerprint density at radius 3 is 2.89 bits per heavy atom. The van der Waals surface area contributed by atoms with Crippen LogP contribution in [0, 0.1) is 12.3 Å². The second kappa shape index (κ2) is 5.53. The average molecular weight is 246 g/mol. The van der Waals surface area contributed by atoms with Crippen LogP contribution >= 0.6 is 0 Å². The summed E-state index contributed by atoms with van der Waals surface area (Å²) in [5.41, 5.74) is 2.00. The number of piperidine rings is 1. The van der Waals surface area contributed by atoms with E-state index in [0.717, 1.165) is 30.8 Å². The van der Waals surface area contributed by atoms with E-state index < -0.39 is 0 Å². The molecule has 98 valence electrons. The van der Waals surface area contributed by atoms with Crippen LogP contribution in [0.5, 0.6) is 0 Å². The maximum absolute atomic E-state index is 12.1. The van der Waals surface area contributed by atoms with Crippen LogP contribution in [0.25, 0.3) is 0 Å². The SMILES string of the molecule is Cc1ccccc1C(=O)NCC1(C)CCCNC1. The van der Waals surface area contributed by atoms with E-state index in [1.54, 1.807) is 0 Å². The van der Waals surface area contributed by atoms with Crippen molar-refractivity contribution in [3.8, 4) is 0 Å². The van der Waals surface area contributed by atoms with Crippen molar-refractivity contribution in [3.05, 3.63) is 35.4 Å². The molecular weight excluding hydrogens is 224 g/mol. The van der Waals surface area contributed by atoms with Crippen LogP contribution in [0.4, 0.5) is 0 Å². The van der Waals surface area contributed by atoms with E-state index in [1.807, 2.05) is 31.2 Å². The van der Waals surface area contributed by atoms with Crippen molar-refractivity contribution < 1.29 is 4.79 Å². The topological polar surface area (TPSA) is 41.1 Å². The summed E-state index contributed by atoms with van der Waals surface area (Å²) >= 11 is 0. The van der Waals surface area contributed by atoms with Crippen molar-refractivity contribution in [2.45, 2.75) is 26.7 Å². The molecule has 0 radical (unpaired) electrons. The van der Waals surface area contributed by atoms with Gasteiger partial charge in [-0.1, -0.05) is 25.1 Å². The largest absolute Gasteiger partial charge is 0.351 e. The van der Waals surface area contributed by atoms with Gasteiger partial charge >= 0.3 is 0 Å². The van der Waals surface area contributed by atoms with Crippen LogP contribution in [0.15, 0.2) is 24.3 Å². The number of hydrogen-bond donors (Lipinski definition) is 2. The smallest absolute Gasteiger partial charge is 0.251 e. The molecule has 1 fully saturated rings. The van der Waals surface area contributed by atoms with Crippen molar-refractivity contribution in [2.24, 2.45) is 5.41 Å². The molecule has 1 aliphatic rings. The molecule has 1 saturated heterocycles. The van der Waals surface area contributed by atoms with Crippen molar-refractivity contribution in [2.75, 3.05) is 19.6 Å². The zero-order chi connectivity index (χ0) is 13.0. The van der Waals surface area contributed by atoms with Gasteiger partial charge in [0, 0.05) is 18.7 Å². The molecule has 1 aliphatic heterocycles. The molecule has 0 spiro atoms. The fourth-order valence-corrected chi connectivity index (χ4v) is 2.49. The third-order valence-corrected chi connectivity index (χ3v) is 3.75. The number of rotatable bonds is 3. The highest BCUT2D eigenvalue weighted by Crippen LogP contribution is 2.24. The minimum absolute atomic E-state index is 0.0416. The summed E-state index contributed by atoms with van der Waals surface area (Å²) in [7, 11) is 0. The highest BCUT2D eigenvalue weighted by atomic mass is 16.1. The Morgan fingerprint density at radius 1 is 1.44 bits per heavy atom. The van der Waals surface area contributed by atoms with E-state index in [-0.39, 0.29) is 11.3 Å². The lowest BCUT2D eigenvalue weighted by atomic mass is 9.83. The van der Waals surface area contributed by atoms with E-state index in [0.29, 0.717) is 0 Å². The van der Waals surface area contributed by atoms with E-state index in [9.17, 15) is 4.79 Å². The number of amides is 1. The number of nitrogens with one attached hydrogen (secondary N) is 2. The van der Waals surface area contributed by atoms with Gasteiger partial charge in [-0.25, -0.2) is 0 Å². The molecular formula is C15H22N2O. The van der Waals surface area contributed by atoms with Gasteiger partial charge in [-0.3, -0.25) is 4.79 Å². The maximum Gasteiger partial charge on any atom is 0.251 e. The second-order valence-electron chi connectivity index (χ2n) is 5.59. The zero-order valence-corrected chi connectivity index (χ0v) is 11.3. The monoisotopic (exact) mass is 246 g/mol. The Morgan fingerprint density at radius 2 is 2.22 bits per heavy atom. The molecule has 1 aromatic carbocycles. The molecule has 18 heavy (non-hydrogen) atoms. The molecule has 0 bridgehead atoms. The number of carbonyl (C=O) groups excluding carboxylic acids is 1. The first-order valence-corrected chi connectivity index (χ1v) is 6.65. The van der Waals surface area contributed by atoms with Gasteiger partial charge in [0.15, 0.2) is 0 Å². The van der Waals surface area contributed by atoms with Crippen LogP contribution in [0.2, 0.25) is 0 Å². The normalized spacial score (nSPS) is 23.7. The summed E-state index contributed by atoms with van der Waals surface area (Å²) in [4.78, 5) is 12.1. The first-order valence-electron chi connectivity index (χ1n) is 6.65. The Balaban J connectivity index is 1.94. The molecule has 2 N–H and O–H groups in total. The fraction of sp³-hybridized carbons (Fsp3) is 0.533. The van der Waals surface area contributed by atoms with Crippen molar-refractivity contribution in [1.82, 2.24) is 10.6 Å². The van der Waals surface area contributed by atoms with E-state index in [2.05, 4.69) is 17.6 Å². The number of carbonyl (C=O) groups is 1. The Bertz CT molecular complexity index is 422. The molecule has 0 aliphatic carbocycles. The van der Waals surface area contributed by atoms with Gasteiger partial charge in [-0.2, -0.15) is 0 Å². The molecule has 0 aromatic heterocycles. The Hall–Kier alpha value is -1.35. The van der Waals surface area contributed by atoms with Crippen LogP contribution < -0.4 is 10.6 Å². The molecule has 2 rings (SSSR count). The summed E-state index contributed by atoms with van der Waals surface area (Å²) in [5.74, 6) is 0.0416. The lowest BCUT2D eigenvalue weighted by Crippen LogP contribution is -2.45. The lowest BCUT2D eigenvalue weighted by molar-refractivity contribution is 0.0924. The fourth-order valence-electron chi connectivity index (χ4n) is 2.49. The van der Waals surface area contributed by atoms with Crippen LogP contribution in [-0.4, -0.2) is 25.5 Å². The summed E-state index contributed by atoms with van der Waals surface area (Å²) in [6.45, 7) is 7.03. The number of hydrogen-bond acceptors (Lipinski definition) is 2. The molecule has 1 amide bonds. The van der Waals surface area contributed by atoms with Gasteiger partial charge in [0.1, 0.15) is 0 Å². The first kappa shape index (κ1) is 13.1. The number of benzene rings is 1. The van der Waals surface area contributed by atoms with Crippen LogP contribution in [0.3, 0.4) is 0 Å². The van der Waals surface area contributed by atoms with Gasteiger partial charge in [0.05, 0.1) is 0 Å². The summed E-state index contributed by atoms with van der Waals surface area (Å²) < 4.78 is 0. The summed E-state index contributed by atoms with van der Waals surface area (Å²) in [6, 6.07) is 7.72. The molecule has 1 atom stereocenters. The third-order valence-electron chi connectivity index (χ3n) is 3.75. The molecule has 3 heteroatoms. The summed E-state index contributed by atoms with van der Waals surface area (Å²) in [5, 5.41) is 6.47. The minimum Gasteiger partial charge on any atom is -0.351 e. The lowest BCUT2D eigenvalue weighted by Gasteiger charge is -2.34. The maximum atomic E-state index is 12.1. The Labute approximate surface area is 109 Å². The predicted molar refractivity (Wildman–Crippen MR) is 73.7 cm³/mol.